The SMILES string of the molecule is Cc1sc(NC(=O)C2C3CC4C(OC(=O)C42)C3Br)nc1-c1ccc(Cl)cc1. The number of rotatable bonds is 3. The number of alkyl halides is 1. The highest BCUT2D eigenvalue weighted by atomic mass is 79.9. The predicted octanol–water partition coefficient (Wildman–Crippen LogP) is 4.28. The Bertz CT molecular complexity index is 947. The minimum Gasteiger partial charge on any atom is -0.461 e. The minimum absolute atomic E-state index is 0.0589. The first kappa shape index (κ1) is 17.6. The first-order chi connectivity index (χ1) is 12.9. The summed E-state index contributed by atoms with van der Waals surface area (Å²) < 4.78 is 5.48. The molecule has 1 aliphatic heterocycles. The van der Waals surface area contributed by atoms with Crippen LogP contribution in [0.15, 0.2) is 24.3 Å². The standard InChI is InChI=1S/C19H16BrClN2O3S/c1-7-15(8-2-4-9(21)5-3-8)22-19(27-7)23-17(24)12-10-6-11-13(12)18(25)26-16(11)14(10)20/h2-5,10-14,16H,6H2,1H3,(H,22,23,24). The monoisotopic (exact) mass is 466 g/mol. The number of nitrogens with zero attached hydrogens (tertiary/aromatic N) is 1. The molecule has 2 aliphatic carbocycles. The molecule has 6 atom stereocenters. The van der Waals surface area contributed by atoms with E-state index in [1.807, 2.05) is 31.2 Å². The Balaban J connectivity index is 1.38. The van der Waals surface area contributed by atoms with Crippen molar-refractivity contribution in [3.63, 3.8) is 0 Å². The number of hydrogen-bond donors (Lipinski definition) is 1. The van der Waals surface area contributed by atoms with Crippen LogP contribution in [-0.2, 0) is 14.3 Å². The summed E-state index contributed by atoms with van der Waals surface area (Å²) in [7, 11) is 0. The second-order valence-electron chi connectivity index (χ2n) is 7.38. The van der Waals surface area contributed by atoms with Gasteiger partial charge in [-0.25, -0.2) is 4.98 Å². The molecule has 27 heavy (non-hydrogen) atoms. The normalized spacial score (nSPS) is 33.4. The van der Waals surface area contributed by atoms with E-state index in [0.29, 0.717) is 10.2 Å². The van der Waals surface area contributed by atoms with Crippen molar-refractivity contribution in [3.05, 3.63) is 34.2 Å². The summed E-state index contributed by atoms with van der Waals surface area (Å²) in [5.74, 6) is -0.740. The fourth-order valence-corrected chi connectivity index (χ4v) is 6.85. The summed E-state index contributed by atoms with van der Waals surface area (Å²) in [5, 5.41) is 4.17. The molecule has 1 aromatic carbocycles. The highest BCUT2D eigenvalue weighted by Gasteiger charge is 2.67. The maximum Gasteiger partial charge on any atom is 0.310 e. The number of carbonyl (C=O) groups excluding carboxylic acids is 2. The van der Waals surface area contributed by atoms with Gasteiger partial charge < -0.3 is 10.1 Å². The van der Waals surface area contributed by atoms with Crippen molar-refractivity contribution in [2.45, 2.75) is 24.3 Å². The average molecular weight is 468 g/mol. The van der Waals surface area contributed by atoms with E-state index in [1.165, 1.54) is 11.3 Å². The van der Waals surface area contributed by atoms with Gasteiger partial charge in [0, 0.05) is 21.4 Å². The lowest BCUT2D eigenvalue weighted by Crippen LogP contribution is -2.40. The Hall–Kier alpha value is -1.44. The number of anilines is 1. The van der Waals surface area contributed by atoms with Gasteiger partial charge >= 0.3 is 5.97 Å². The highest BCUT2D eigenvalue weighted by molar-refractivity contribution is 9.09. The molecule has 2 heterocycles. The fourth-order valence-electron chi connectivity index (χ4n) is 4.84. The number of aryl methyl sites for hydroxylation is 1. The van der Waals surface area contributed by atoms with Crippen LogP contribution in [0, 0.1) is 30.6 Å². The lowest BCUT2D eigenvalue weighted by Gasteiger charge is -2.27. The number of halogens is 2. The summed E-state index contributed by atoms with van der Waals surface area (Å²) in [6.45, 7) is 1.97. The number of aromatic nitrogens is 1. The molecule has 5 nitrogen and oxygen atoms in total. The van der Waals surface area contributed by atoms with Crippen LogP contribution in [0.1, 0.15) is 11.3 Å². The van der Waals surface area contributed by atoms with Gasteiger partial charge in [0.25, 0.3) is 0 Å². The Labute approximate surface area is 173 Å². The number of thiazole rings is 1. The Morgan fingerprint density at radius 2 is 2.07 bits per heavy atom. The average Bonchev–Trinajstić information content (AvgIpc) is 3.33. The molecule has 1 aromatic heterocycles. The summed E-state index contributed by atoms with van der Waals surface area (Å²) in [6, 6.07) is 7.47. The van der Waals surface area contributed by atoms with Gasteiger partial charge in [0.15, 0.2) is 5.13 Å². The van der Waals surface area contributed by atoms with Gasteiger partial charge in [-0.3, -0.25) is 9.59 Å². The number of hydrogen-bond acceptors (Lipinski definition) is 5. The number of esters is 1. The van der Waals surface area contributed by atoms with Gasteiger partial charge in [0.05, 0.1) is 22.4 Å². The van der Waals surface area contributed by atoms with Gasteiger partial charge in [-0.05, 0) is 31.4 Å². The van der Waals surface area contributed by atoms with Gasteiger partial charge in [0.1, 0.15) is 6.10 Å². The van der Waals surface area contributed by atoms with Crippen LogP contribution in [0.2, 0.25) is 5.02 Å². The summed E-state index contributed by atoms with van der Waals surface area (Å²) in [6.07, 6.45) is 0.789. The Kier molecular flexibility index (Phi) is 4.11. The molecule has 8 heteroatoms. The van der Waals surface area contributed by atoms with Crippen LogP contribution >= 0.6 is 38.9 Å². The number of benzene rings is 1. The molecule has 3 aliphatic rings. The van der Waals surface area contributed by atoms with Crippen molar-refractivity contribution in [2.24, 2.45) is 23.7 Å². The Morgan fingerprint density at radius 1 is 1.33 bits per heavy atom. The lowest BCUT2D eigenvalue weighted by molar-refractivity contribution is -0.145. The topological polar surface area (TPSA) is 68.3 Å². The maximum atomic E-state index is 13.0. The number of amides is 1. The van der Waals surface area contributed by atoms with Gasteiger partial charge in [0.2, 0.25) is 5.91 Å². The van der Waals surface area contributed by atoms with E-state index < -0.39 is 0 Å². The van der Waals surface area contributed by atoms with Crippen molar-refractivity contribution in [3.8, 4) is 11.3 Å². The molecule has 1 amide bonds. The van der Waals surface area contributed by atoms with Crippen molar-refractivity contribution in [1.29, 1.82) is 0 Å². The molecular formula is C19H16BrClN2O3S. The van der Waals surface area contributed by atoms with Crippen LogP contribution < -0.4 is 5.32 Å². The second kappa shape index (κ2) is 6.29. The third-order valence-electron chi connectivity index (χ3n) is 5.97. The van der Waals surface area contributed by atoms with E-state index in [1.54, 1.807) is 0 Å². The van der Waals surface area contributed by atoms with E-state index in [0.717, 1.165) is 22.6 Å². The van der Waals surface area contributed by atoms with E-state index in [4.69, 9.17) is 16.3 Å². The van der Waals surface area contributed by atoms with Crippen molar-refractivity contribution in [1.82, 2.24) is 4.98 Å². The van der Waals surface area contributed by atoms with E-state index in [-0.39, 0.29) is 46.5 Å². The summed E-state index contributed by atoms with van der Waals surface area (Å²) in [5.41, 5.74) is 1.79. The summed E-state index contributed by atoms with van der Waals surface area (Å²) >= 11 is 11.0. The fraction of sp³-hybridized carbons (Fsp3) is 0.421. The molecule has 1 saturated heterocycles. The van der Waals surface area contributed by atoms with E-state index >= 15 is 0 Å². The molecule has 0 spiro atoms. The zero-order valence-electron chi connectivity index (χ0n) is 14.3. The van der Waals surface area contributed by atoms with Crippen LogP contribution in [0.5, 0.6) is 0 Å². The Morgan fingerprint density at radius 3 is 2.81 bits per heavy atom. The second-order valence-corrected chi connectivity index (χ2v) is 10.1. The van der Waals surface area contributed by atoms with E-state index in [9.17, 15) is 9.59 Å². The molecule has 2 aromatic rings. The lowest BCUT2D eigenvalue weighted by atomic mass is 9.79. The maximum absolute atomic E-state index is 13.0. The number of carbonyl (C=O) groups is 2. The molecule has 3 fully saturated rings. The molecule has 1 N–H and O–H groups in total. The molecule has 140 valence electrons. The summed E-state index contributed by atoms with van der Waals surface area (Å²) in [4.78, 5) is 30.9. The molecular weight excluding hydrogens is 452 g/mol. The van der Waals surface area contributed by atoms with Crippen LogP contribution in [0.3, 0.4) is 0 Å². The van der Waals surface area contributed by atoms with Crippen molar-refractivity contribution in [2.75, 3.05) is 5.32 Å². The van der Waals surface area contributed by atoms with Gasteiger partial charge in [-0.1, -0.05) is 39.7 Å². The van der Waals surface area contributed by atoms with Crippen molar-refractivity contribution < 1.29 is 14.3 Å². The molecule has 0 radical (unpaired) electrons. The van der Waals surface area contributed by atoms with Crippen molar-refractivity contribution >= 4 is 55.9 Å². The zero-order chi connectivity index (χ0) is 18.9. The first-order valence-corrected chi connectivity index (χ1v) is 10.9. The number of nitrogens with one attached hydrogen (secondary N) is 1. The minimum atomic E-state index is -0.353. The van der Waals surface area contributed by atoms with Crippen LogP contribution in [0.25, 0.3) is 11.3 Å². The van der Waals surface area contributed by atoms with Crippen LogP contribution in [-0.4, -0.2) is 27.8 Å². The largest absolute Gasteiger partial charge is 0.461 e. The quantitative estimate of drug-likeness (QED) is 0.540. The molecule has 5 rings (SSSR count). The molecule has 2 saturated carbocycles. The van der Waals surface area contributed by atoms with E-state index in [2.05, 4.69) is 26.2 Å². The first-order valence-electron chi connectivity index (χ1n) is 8.83. The zero-order valence-corrected chi connectivity index (χ0v) is 17.5. The number of fused-ring (bicyclic) bond motifs is 1. The van der Waals surface area contributed by atoms with Gasteiger partial charge in [-0.15, -0.1) is 11.3 Å². The highest BCUT2D eigenvalue weighted by Crippen LogP contribution is 2.60. The third-order valence-corrected chi connectivity index (χ3v) is 8.31. The molecule has 2 bridgehead atoms. The molecule has 6 unspecified atom stereocenters. The third kappa shape index (κ3) is 2.66. The predicted molar refractivity (Wildman–Crippen MR) is 107 cm³/mol. The van der Waals surface area contributed by atoms with Crippen LogP contribution in [0.4, 0.5) is 5.13 Å². The number of ether oxygens (including phenoxy) is 1. The van der Waals surface area contributed by atoms with Gasteiger partial charge in [-0.2, -0.15) is 0 Å². The smallest absolute Gasteiger partial charge is 0.310 e.